The van der Waals surface area contributed by atoms with Crippen LogP contribution < -0.4 is 10.1 Å². The molecule has 27 heavy (non-hydrogen) atoms. The van der Waals surface area contributed by atoms with Crippen LogP contribution in [0.25, 0.3) is 11.5 Å². The molecular formula is C17H17N3O5S2. The molecule has 0 spiro atoms. The zero-order valence-corrected chi connectivity index (χ0v) is 16.0. The Kier molecular flexibility index (Phi) is 5.87. The lowest BCUT2D eigenvalue weighted by Gasteiger charge is -2.05. The number of rotatable bonds is 8. The molecule has 1 N–H and O–H groups in total. The summed E-state index contributed by atoms with van der Waals surface area (Å²) in [5.74, 6) is 0.361. The standard InChI is InChI=1S/C17H17N3O5S2/c1-24-13-4-6-14(7-5-13)27(22,23)10-2-3-15(21)18-17-20-19-16(25-17)12-8-9-26-11-12/h4-9,11H,2-3,10H2,1H3,(H,18,20,21). The molecule has 0 saturated heterocycles. The second-order valence-corrected chi connectivity index (χ2v) is 8.46. The average Bonchev–Trinajstić information content (AvgIpc) is 3.33. The fourth-order valence-electron chi connectivity index (χ4n) is 2.28. The van der Waals surface area contributed by atoms with Crippen LogP contribution in [0.5, 0.6) is 5.75 Å². The maximum absolute atomic E-state index is 12.3. The van der Waals surface area contributed by atoms with Crippen molar-refractivity contribution in [1.82, 2.24) is 10.2 Å². The first kappa shape index (κ1) is 19.1. The van der Waals surface area contributed by atoms with E-state index in [0.717, 1.165) is 5.56 Å². The van der Waals surface area contributed by atoms with Crippen molar-refractivity contribution in [3.05, 3.63) is 41.1 Å². The lowest BCUT2D eigenvalue weighted by atomic mass is 10.3. The molecular weight excluding hydrogens is 390 g/mol. The number of thiophene rings is 1. The van der Waals surface area contributed by atoms with Crippen molar-refractivity contribution in [1.29, 1.82) is 0 Å². The summed E-state index contributed by atoms with van der Waals surface area (Å²) in [6.07, 6.45) is 0.192. The Bertz CT molecular complexity index is 996. The maximum Gasteiger partial charge on any atom is 0.322 e. The van der Waals surface area contributed by atoms with Gasteiger partial charge in [0.15, 0.2) is 9.84 Å². The first-order valence-electron chi connectivity index (χ1n) is 8.01. The zero-order valence-electron chi connectivity index (χ0n) is 14.4. The highest BCUT2D eigenvalue weighted by Crippen LogP contribution is 2.22. The van der Waals surface area contributed by atoms with E-state index in [0.29, 0.717) is 11.6 Å². The van der Waals surface area contributed by atoms with Crippen molar-refractivity contribution in [3.8, 4) is 17.2 Å². The van der Waals surface area contributed by atoms with Gasteiger partial charge >= 0.3 is 6.01 Å². The highest BCUT2D eigenvalue weighted by atomic mass is 32.2. The Hall–Kier alpha value is -2.72. The molecule has 3 aromatic rings. The summed E-state index contributed by atoms with van der Waals surface area (Å²) in [6, 6.07) is 7.95. The van der Waals surface area contributed by atoms with Crippen molar-refractivity contribution in [2.45, 2.75) is 17.7 Å². The van der Waals surface area contributed by atoms with Crippen molar-refractivity contribution in [3.63, 3.8) is 0 Å². The Morgan fingerprint density at radius 1 is 1.22 bits per heavy atom. The normalized spacial score (nSPS) is 11.3. The van der Waals surface area contributed by atoms with E-state index < -0.39 is 9.84 Å². The minimum atomic E-state index is -3.47. The fourth-order valence-corrected chi connectivity index (χ4v) is 4.22. The summed E-state index contributed by atoms with van der Waals surface area (Å²) in [5.41, 5.74) is 0.776. The van der Waals surface area contributed by atoms with Gasteiger partial charge in [-0.05, 0) is 42.1 Å². The van der Waals surface area contributed by atoms with Crippen LogP contribution in [0.2, 0.25) is 0 Å². The molecule has 0 unspecified atom stereocenters. The fraction of sp³-hybridized carbons (Fsp3) is 0.235. The van der Waals surface area contributed by atoms with Gasteiger partial charge in [0.05, 0.1) is 17.8 Å². The van der Waals surface area contributed by atoms with Crippen LogP contribution in [-0.2, 0) is 14.6 Å². The van der Waals surface area contributed by atoms with Gasteiger partial charge < -0.3 is 9.15 Å². The molecule has 0 aliphatic rings. The quantitative estimate of drug-likeness (QED) is 0.611. The van der Waals surface area contributed by atoms with Crippen molar-refractivity contribution < 1.29 is 22.4 Å². The number of carbonyl (C=O) groups is 1. The van der Waals surface area contributed by atoms with E-state index in [9.17, 15) is 13.2 Å². The van der Waals surface area contributed by atoms with E-state index in [1.165, 1.54) is 30.6 Å². The molecule has 142 valence electrons. The Balaban J connectivity index is 1.50. The van der Waals surface area contributed by atoms with Gasteiger partial charge in [0, 0.05) is 17.4 Å². The second-order valence-electron chi connectivity index (χ2n) is 5.57. The molecule has 1 amide bonds. The summed E-state index contributed by atoms with van der Waals surface area (Å²) in [5, 5.41) is 13.8. The third kappa shape index (κ3) is 4.92. The lowest BCUT2D eigenvalue weighted by molar-refractivity contribution is -0.116. The smallest absolute Gasteiger partial charge is 0.322 e. The number of methoxy groups -OCH3 is 1. The molecule has 0 saturated carbocycles. The van der Waals surface area contributed by atoms with E-state index in [4.69, 9.17) is 9.15 Å². The number of hydrogen-bond acceptors (Lipinski definition) is 8. The van der Waals surface area contributed by atoms with Crippen molar-refractivity contribution >= 4 is 33.1 Å². The highest BCUT2D eigenvalue weighted by Gasteiger charge is 2.16. The molecule has 0 radical (unpaired) electrons. The number of ether oxygens (including phenoxy) is 1. The second kappa shape index (κ2) is 8.31. The van der Waals surface area contributed by atoms with Crippen LogP contribution >= 0.6 is 11.3 Å². The van der Waals surface area contributed by atoms with Gasteiger partial charge in [-0.15, -0.1) is 5.10 Å². The van der Waals surface area contributed by atoms with Crippen LogP contribution in [-0.4, -0.2) is 37.4 Å². The molecule has 0 fully saturated rings. The molecule has 2 aromatic heterocycles. The number of anilines is 1. The molecule has 0 bridgehead atoms. The monoisotopic (exact) mass is 407 g/mol. The third-order valence-corrected chi connectivity index (χ3v) is 6.17. The van der Waals surface area contributed by atoms with E-state index in [2.05, 4.69) is 15.5 Å². The third-order valence-electron chi connectivity index (χ3n) is 3.67. The Morgan fingerprint density at radius 2 is 2.00 bits per heavy atom. The number of carbonyl (C=O) groups excluding carboxylic acids is 1. The summed E-state index contributed by atoms with van der Waals surface area (Å²) in [7, 11) is -1.96. The van der Waals surface area contributed by atoms with Gasteiger partial charge in [0.1, 0.15) is 5.75 Å². The summed E-state index contributed by atoms with van der Waals surface area (Å²) in [4.78, 5) is 12.2. The number of hydrogen-bond donors (Lipinski definition) is 1. The predicted octanol–water partition coefficient (Wildman–Crippen LogP) is 3.00. The predicted molar refractivity (Wildman–Crippen MR) is 101 cm³/mol. The first-order chi connectivity index (χ1) is 13.0. The number of benzene rings is 1. The molecule has 0 aliphatic carbocycles. The van der Waals surface area contributed by atoms with Crippen LogP contribution in [0.3, 0.4) is 0 Å². The van der Waals surface area contributed by atoms with Crippen LogP contribution in [0.1, 0.15) is 12.8 Å². The number of nitrogens with zero attached hydrogens (tertiary/aromatic N) is 2. The minimum Gasteiger partial charge on any atom is -0.497 e. The summed E-state index contributed by atoms with van der Waals surface area (Å²) >= 11 is 1.49. The average molecular weight is 407 g/mol. The van der Waals surface area contributed by atoms with Gasteiger partial charge in [-0.3, -0.25) is 10.1 Å². The first-order valence-corrected chi connectivity index (χ1v) is 10.6. The van der Waals surface area contributed by atoms with Crippen LogP contribution in [0.4, 0.5) is 6.01 Å². The number of amides is 1. The van der Waals surface area contributed by atoms with Gasteiger partial charge in [0.25, 0.3) is 5.89 Å². The lowest BCUT2D eigenvalue weighted by Crippen LogP contribution is -2.14. The molecule has 8 nitrogen and oxygen atoms in total. The molecule has 0 atom stereocenters. The maximum atomic E-state index is 12.3. The van der Waals surface area contributed by atoms with E-state index >= 15 is 0 Å². The van der Waals surface area contributed by atoms with Crippen LogP contribution in [0.15, 0.2) is 50.4 Å². The topological polar surface area (TPSA) is 111 Å². The summed E-state index contributed by atoms with van der Waals surface area (Å²) in [6.45, 7) is 0. The Labute approximate surface area is 160 Å². The highest BCUT2D eigenvalue weighted by molar-refractivity contribution is 7.91. The number of aromatic nitrogens is 2. The largest absolute Gasteiger partial charge is 0.497 e. The van der Waals surface area contributed by atoms with Gasteiger partial charge in [-0.1, -0.05) is 5.10 Å². The van der Waals surface area contributed by atoms with Gasteiger partial charge in [-0.2, -0.15) is 11.3 Å². The molecule has 1 aromatic carbocycles. The van der Waals surface area contributed by atoms with Gasteiger partial charge in [-0.25, -0.2) is 8.42 Å². The van der Waals surface area contributed by atoms with Crippen molar-refractivity contribution in [2.75, 3.05) is 18.2 Å². The Morgan fingerprint density at radius 3 is 2.67 bits per heavy atom. The number of nitrogens with one attached hydrogen (secondary N) is 1. The minimum absolute atomic E-state index is 0.0146. The van der Waals surface area contributed by atoms with E-state index in [-0.39, 0.29) is 35.4 Å². The molecule has 2 heterocycles. The SMILES string of the molecule is COc1ccc(S(=O)(=O)CCCC(=O)Nc2nnc(-c3ccsc3)o2)cc1. The molecule has 10 heteroatoms. The zero-order chi connectivity index (χ0) is 19.3. The summed E-state index contributed by atoms with van der Waals surface area (Å²) < 4.78 is 35.0. The van der Waals surface area contributed by atoms with E-state index in [1.807, 2.05) is 16.8 Å². The van der Waals surface area contributed by atoms with Crippen LogP contribution in [0, 0.1) is 0 Å². The molecule has 0 aliphatic heterocycles. The van der Waals surface area contributed by atoms with Gasteiger partial charge in [0.2, 0.25) is 5.91 Å². The molecule has 3 rings (SSSR count). The van der Waals surface area contributed by atoms with E-state index in [1.54, 1.807) is 12.1 Å². The number of sulfone groups is 1. The van der Waals surface area contributed by atoms with Crippen molar-refractivity contribution in [2.24, 2.45) is 0 Å².